The maximum Gasteiger partial charge on any atom is 0.186 e. The molecule has 20 heavy (non-hydrogen) atoms. The quantitative estimate of drug-likeness (QED) is 0.822. The number of rotatable bonds is 5. The van der Waals surface area contributed by atoms with Crippen molar-refractivity contribution in [1.82, 2.24) is 0 Å². The zero-order valence-corrected chi connectivity index (χ0v) is 11.8. The Balaban J connectivity index is 1.60. The summed E-state index contributed by atoms with van der Waals surface area (Å²) in [7, 11) is 3.36. The molecule has 2 saturated heterocycles. The van der Waals surface area contributed by atoms with E-state index >= 15 is 0 Å². The molecule has 0 saturated carbocycles. The molecule has 4 atom stereocenters. The number of benzene rings is 1. The number of hydrogen-bond acceptors (Lipinski definition) is 5. The Morgan fingerprint density at radius 2 is 2.00 bits per heavy atom. The average molecular weight is 280 g/mol. The third kappa shape index (κ3) is 2.81. The van der Waals surface area contributed by atoms with Gasteiger partial charge in [-0.25, -0.2) is 0 Å². The van der Waals surface area contributed by atoms with E-state index in [0.29, 0.717) is 13.2 Å². The fourth-order valence-electron chi connectivity index (χ4n) is 2.67. The lowest BCUT2D eigenvalue weighted by Gasteiger charge is -2.34. The summed E-state index contributed by atoms with van der Waals surface area (Å²) in [5.41, 5.74) is 1.08. The van der Waals surface area contributed by atoms with E-state index in [0.717, 1.165) is 17.7 Å². The van der Waals surface area contributed by atoms with Crippen molar-refractivity contribution < 1.29 is 23.7 Å². The molecule has 5 heteroatoms. The Hall–Kier alpha value is -1.14. The zero-order valence-electron chi connectivity index (χ0n) is 11.8. The van der Waals surface area contributed by atoms with Crippen molar-refractivity contribution in [1.29, 1.82) is 0 Å². The second-order valence-corrected chi connectivity index (χ2v) is 5.09. The Morgan fingerprint density at radius 1 is 1.20 bits per heavy atom. The van der Waals surface area contributed by atoms with Crippen LogP contribution in [-0.4, -0.2) is 45.4 Å². The third-order valence-corrected chi connectivity index (χ3v) is 3.81. The van der Waals surface area contributed by atoms with E-state index < -0.39 is 0 Å². The number of hydrogen-bond donors (Lipinski definition) is 0. The van der Waals surface area contributed by atoms with Gasteiger partial charge >= 0.3 is 0 Å². The molecule has 2 unspecified atom stereocenters. The molecule has 1 aromatic carbocycles. The Bertz CT molecular complexity index is 432. The van der Waals surface area contributed by atoms with Gasteiger partial charge in [0.05, 0.1) is 32.5 Å². The van der Waals surface area contributed by atoms with Crippen molar-refractivity contribution >= 4 is 0 Å². The first-order chi connectivity index (χ1) is 9.80. The molecule has 1 aromatic rings. The van der Waals surface area contributed by atoms with Crippen LogP contribution in [0.15, 0.2) is 24.3 Å². The van der Waals surface area contributed by atoms with E-state index in [1.165, 1.54) is 0 Å². The van der Waals surface area contributed by atoms with Crippen LogP contribution in [0, 0.1) is 0 Å². The first-order valence-corrected chi connectivity index (χ1v) is 6.84. The molecule has 2 heterocycles. The molecule has 2 aliphatic rings. The number of ether oxygens (including phenoxy) is 5. The minimum Gasteiger partial charge on any atom is -0.497 e. The maximum atomic E-state index is 5.96. The summed E-state index contributed by atoms with van der Waals surface area (Å²) in [6, 6.07) is 7.82. The molecule has 0 aromatic heterocycles. The van der Waals surface area contributed by atoms with E-state index in [-0.39, 0.29) is 24.6 Å². The van der Waals surface area contributed by atoms with Crippen molar-refractivity contribution in [3.63, 3.8) is 0 Å². The Labute approximate surface area is 118 Å². The third-order valence-electron chi connectivity index (χ3n) is 3.81. The molecule has 0 amide bonds. The van der Waals surface area contributed by atoms with Crippen molar-refractivity contribution in [3.05, 3.63) is 29.8 Å². The van der Waals surface area contributed by atoms with Crippen LogP contribution in [0.25, 0.3) is 0 Å². The standard InChI is InChI=1S/C15H20O5/c1-16-11-5-3-10(4-6-11)8-18-14-13(17-2)7-12-9-19-15(14)20-12/h3-6,12-15H,7-9H2,1-2H3/t12?,13-,14?,15-/m0/s1. The first kappa shape index (κ1) is 13.8. The van der Waals surface area contributed by atoms with Crippen molar-refractivity contribution in [2.75, 3.05) is 20.8 Å². The molecule has 110 valence electrons. The first-order valence-electron chi connectivity index (χ1n) is 6.84. The van der Waals surface area contributed by atoms with Crippen molar-refractivity contribution in [2.45, 2.75) is 37.6 Å². The highest BCUT2D eigenvalue weighted by atomic mass is 16.7. The van der Waals surface area contributed by atoms with E-state index in [1.807, 2.05) is 24.3 Å². The molecule has 2 aliphatic heterocycles. The number of methoxy groups -OCH3 is 2. The van der Waals surface area contributed by atoms with Crippen LogP contribution in [0.5, 0.6) is 5.75 Å². The molecule has 0 radical (unpaired) electrons. The van der Waals surface area contributed by atoms with Crippen LogP contribution in [-0.2, 0) is 25.6 Å². The lowest BCUT2D eigenvalue weighted by Crippen LogP contribution is -2.46. The van der Waals surface area contributed by atoms with Gasteiger partial charge in [-0.15, -0.1) is 0 Å². The van der Waals surface area contributed by atoms with Gasteiger partial charge < -0.3 is 23.7 Å². The predicted octanol–water partition coefficient (Wildman–Crippen LogP) is 1.74. The fraction of sp³-hybridized carbons (Fsp3) is 0.600. The SMILES string of the molecule is COc1ccc(COC2[C@H]3OCC(C[C@@H]2OC)O3)cc1. The molecule has 0 aliphatic carbocycles. The van der Waals surface area contributed by atoms with Gasteiger partial charge in [-0.05, 0) is 17.7 Å². The number of fused-ring (bicyclic) bond motifs is 2. The Morgan fingerprint density at radius 3 is 2.70 bits per heavy atom. The van der Waals surface area contributed by atoms with Crippen molar-refractivity contribution in [3.8, 4) is 5.75 Å². The average Bonchev–Trinajstić information content (AvgIpc) is 2.89. The van der Waals surface area contributed by atoms with Gasteiger partial charge in [-0.2, -0.15) is 0 Å². The van der Waals surface area contributed by atoms with Gasteiger partial charge in [0.15, 0.2) is 6.29 Å². The van der Waals surface area contributed by atoms with Gasteiger partial charge in [0, 0.05) is 13.5 Å². The van der Waals surface area contributed by atoms with Gasteiger partial charge in [0.25, 0.3) is 0 Å². The molecule has 0 N–H and O–H groups in total. The summed E-state index contributed by atoms with van der Waals surface area (Å²) in [4.78, 5) is 0. The van der Waals surface area contributed by atoms with Gasteiger partial charge in [0.1, 0.15) is 11.9 Å². The molecule has 2 bridgehead atoms. The van der Waals surface area contributed by atoms with Gasteiger partial charge in [-0.1, -0.05) is 12.1 Å². The maximum absolute atomic E-state index is 5.96. The summed E-state index contributed by atoms with van der Waals surface area (Å²) in [6.45, 7) is 1.13. The lowest BCUT2D eigenvalue weighted by atomic mass is 10.0. The highest BCUT2D eigenvalue weighted by Crippen LogP contribution is 2.31. The van der Waals surface area contributed by atoms with E-state index in [1.54, 1.807) is 14.2 Å². The summed E-state index contributed by atoms with van der Waals surface area (Å²) in [6.07, 6.45) is 0.503. The Kier molecular flexibility index (Phi) is 4.21. The summed E-state index contributed by atoms with van der Waals surface area (Å²) in [5, 5.41) is 0. The van der Waals surface area contributed by atoms with Gasteiger partial charge in [0.2, 0.25) is 0 Å². The smallest absolute Gasteiger partial charge is 0.186 e. The van der Waals surface area contributed by atoms with Crippen LogP contribution >= 0.6 is 0 Å². The molecular formula is C15H20O5. The van der Waals surface area contributed by atoms with Gasteiger partial charge in [-0.3, -0.25) is 0 Å². The van der Waals surface area contributed by atoms with Crippen LogP contribution in [0.3, 0.4) is 0 Å². The summed E-state index contributed by atoms with van der Waals surface area (Å²) in [5.74, 6) is 0.839. The molecule has 0 spiro atoms. The highest BCUT2D eigenvalue weighted by molar-refractivity contribution is 5.26. The van der Waals surface area contributed by atoms with Crippen LogP contribution in [0.1, 0.15) is 12.0 Å². The lowest BCUT2D eigenvalue weighted by molar-refractivity contribution is -0.220. The predicted molar refractivity (Wildman–Crippen MR) is 71.6 cm³/mol. The second-order valence-electron chi connectivity index (χ2n) is 5.09. The topological polar surface area (TPSA) is 46.2 Å². The summed E-state index contributed by atoms with van der Waals surface area (Å²) < 4.78 is 27.9. The molecule has 2 fully saturated rings. The molecule has 5 nitrogen and oxygen atoms in total. The van der Waals surface area contributed by atoms with Crippen LogP contribution in [0.4, 0.5) is 0 Å². The van der Waals surface area contributed by atoms with E-state index in [9.17, 15) is 0 Å². The minimum atomic E-state index is -0.308. The van der Waals surface area contributed by atoms with Crippen LogP contribution in [0.2, 0.25) is 0 Å². The minimum absolute atomic E-state index is 0.0273. The molecular weight excluding hydrogens is 260 g/mol. The summed E-state index contributed by atoms with van der Waals surface area (Å²) >= 11 is 0. The fourth-order valence-corrected chi connectivity index (χ4v) is 2.67. The van der Waals surface area contributed by atoms with Crippen LogP contribution < -0.4 is 4.74 Å². The van der Waals surface area contributed by atoms with E-state index in [2.05, 4.69) is 0 Å². The normalized spacial score (nSPS) is 32.3. The highest BCUT2D eigenvalue weighted by Gasteiger charge is 2.45. The molecule has 3 rings (SSSR count). The van der Waals surface area contributed by atoms with E-state index in [4.69, 9.17) is 23.7 Å². The largest absolute Gasteiger partial charge is 0.497 e. The zero-order chi connectivity index (χ0) is 13.9. The monoisotopic (exact) mass is 280 g/mol. The van der Waals surface area contributed by atoms with Crippen molar-refractivity contribution in [2.24, 2.45) is 0 Å². The second kappa shape index (κ2) is 6.10.